The number of nitrogens with zero attached hydrogens (tertiary/aromatic N) is 2. The first kappa shape index (κ1) is 24.7. The van der Waals surface area contributed by atoms with Crippen molar-refractivity contribution in [3.05, 3.63) is 54.1 Å². The number of amides is 1. The molecule has 1 atom stereocenters. The first-order chi connectivity index (χ1) is 16.3. The molecule has 2 saturated heterocycles. The van der Waals surface area contributed by atoms with Gasteiger partial charge >= 0.3 is 0 Å². The fourth-order valence-electron chi connectivity index (χ4n) is 5.19. The van der Waals surface area contributed by atoms with Crippen LogP contribution < -0.4 is 5.32 Å². The van der Waals surface area contributed by atoms with Crippen LogP contribution >= 0.6 is 0 Å². The lowest BCUT2D eigenvalue weighted by Crippen LogP contribution is -2.42. The molecule has 0 spiro atoms. The number of β-amino-alcohol motifs (C(OH)–C–C–N with tert-alkyl or cyclic N) is 1. The first-order valence-corrected chi connectivity index (χ1v) is 12.9. The molecule has 2 aliphatic rings. The van der Waals surface area contributed by atoms with E-state index < -0.39 is 6.10 Å². The van der Waals surface area contributed by atoms with Crippen molar-refractivity contribution in [3.63, 3.8) is 0 Å². The van der Waals surface area contributed by atoms with E-state index in [4.69, 9.17) is 0 Å². The topological polar surface area (TPSA) is 55.8 Å². The largest absolute Gasteiger partial charge is 0.391 e. The van der Waals surface area contributed by atoms with E-state index >= 15 is 0 Å². The van der Waals surface area contributed by atoms with E-state index in [1.54, 1.807) is 4.90 Å². The second kappa shape index (κ2) is 10.9. The molecular weight excluding hydrogens is 422 g/mol. The number of anilines is 1. The van der Waals surface area contributed by atoms with Crippen molar-refractivity contribution in [3.8, 4) is 11.1 Å². The van der Waals surface area contributed by atoms with Crippen LogP contribution in [0.2, 0.25) is 0 Å². The maximum absolute atomic E-state index is 12.7. The molecule has 4 rings (SSSR count). The highest BCUT2D eigenvalue weighted by Crippen LogP contribution is 2.25. The highest BCUT2D eigenvalue weighted by molar-refractivity contribution is 5.94. The van der Waals surface area contributed by atoms with Gasteiger partial charge in [-0.15, -0.1) is 0 Å². The Bertz CT molecular complexity index is 925. The SMILES string of the molecule is CC(C)(C)CN1CCC(CNc2ccc(-c3ccc(C(=O)N4CCC[C@H](O)C4)cc3)cc2)CC1. The number of aliphatic hydroxyl groups is 1. The summed E-state index contributed by atoms with van der Waals surface area (Å²) in [6.07, 6.45) is 3.78. The van der Waals surface area contributed by atoms with Gasteiger partial charge < -0.3 is 20.2 Å². The van der Waals surface area contributed by atoms with Gasteiger partial charge in [-0.2, -0.15) is 0 Å². The minimum atomic E-state index is -0.398. The van der Waals surface area contributed by atoms with Crippen molar-refractivity contribution in [2.24, 2.45) is 11.3 Å². The zero-order valence-electron chi connectivity index (χ0n) is 21.1. The average molecular weight is 464 g/mol. The second-order valence-electron chi connectivity index (χ2n) is 11.4. The number of hydrogen-bond acceptors (Lipinski definition) is 4. The van der Waals surface area contributed by atoms with E-state index in [1.807, 2.05) is 24.3 Å². The van der Waals surface area contributed by atoms with Crippen LogP contribution in [-0.2, 0) is 0 Å². The van der Waals surface area contributed by atoms with E-state index in [1.165, 1.54) is 32.5 Å². The molecule has 0 bridgehead atoms. The number of benzene rings is 2. The summed E-state index contributed by atoms with van der Waals surface area (Å²) in [7, 11) is 0. The van der Waals surface area contributed by atoms with Gasteiger partial charge in [-0.1, -0.05) is 45.0 Å². The van der Waals surface area contributed by atoms with Gasteiger partial charge in [-0.05, 0) is 85.5 Å². The van der Waals surface area contributed by atoms with E-state index in [9.17, 15) is 9.90 Å². The van der Waals surface area contributed by atoms with E-state index in [-0.39, 0.29) is 5.91 Å². The smallest absolute Gasteiger partial charge is 0.253 e. The lowest BCUT2D eigenvalue weighted by Gasteiger charge is -2.36. The number of aliphatic hydroxyl groups excluding tert-OH is 1. The highest BCUT2D eigenvalue weighted by Gasteiger charge is 2.24. The summed E-state index contributed by atoms with van der Waals surface area (Å²) in [6, 6.07) is 16.4. The lowest BCUT2D eigenvalue weighted by molar-refractivity contribution is 0.0474. The van der Waals surface area contributed by atoms with Gasteiger partial charge in [-0.3, -0.25) is 4.79 Å². The highest BCUT2D eigenvalue weighted by atomic mass is 16.3. The standard InChI is InChI=1S/C29H41N3O2/c1-29(2,3)21-31-17-14-22(15-18-31)19-30-26-12-10-24(11-13-26)23-6-8-25(9-7-23)28(34)32-16-4-5-27(33)20-32/h6-13,22,27,30,33H,4-5,14-21H2,1-3H3/t27-/m0/s1. The summed E-state index contributed by atoms with van der Waals surface area (Å²) >= 11 is 0. The van der Waals surface area contributed by atoms with Crippen LogP contribution in [0.5, 0.6) is 0 Å². The summed E-state index contributed by atoms with van der Waals surface area (Å²) in [5.74, 6) is 0.746. The van der Waals surface area contributed by atoms with Crippen molar-refractivity contribution < 1.29 is 9.90 Å². The van der Waals surface area contributed by atoms with Crippen molar-refractivity contribution in [1.29, 1.82) is 0 Å². The predicted molar refractivity (Wildman–Crippen MR) is 140 cm³/mol. The van der Waals surface area contributed by atoms with Crippen molar-refractivity contribution in [2.75, 3.05) is 44.6 Å². The maximum atomic E-state index is 12.7. The Morgan fingerprint density at radius 1 is 0.941 bits per heavy atom. The number of carbonyl (C=O) groups is 1. The molecule has 1 amide bonds. The van der Waals surface area contributed by atoms with Gasteiger partial charge in [-0.25, -0.2) is 0 Å². The first-order valence-electron chi connectivity index (χ1n) is 12.9. The molecule has 0 saturated carbocycles. The Labute approximate surface area is 205 Å². The summed E-state index contributed by atoms with van der Waals surface area (Å²) in [4.78, 5) is 17.1. The van der Waals surface area contributed by atoms with E-state index in [2.05, 4.69) is 55.3 Å². The summed E-state index contributed by atoms with van der Waals surface area (Å²) in [6.45, 7) is 12.8. The Morgan fingerprint density at radius 2 is 1.56 bits per heavy atom. The van der Waals surface area contributed by atoms with Crippen molar-refractivity contribution in [1.82, 2.24) is 9.80 Å². The zero-order chi connectivity index (χ0) is 24.1. The Kier molecular flexibility index (Phi) is 7.95. The number of nitrogens with one attached hydrogen (secondary N) is 1. The van der Waals surface area contributed by atoms with Crippen LogP contribution in [0.3, 0.4) is 0 Å². The third-order valence-corrected chi connectivity index (χ3v) is 7.03. The summed E-state index contributed by atoms with van der Waals surface area (Å²) in [5, 5.41) is 13.5. The number of likely N-dealkylation sites (tertiary alicyclic amines) is 2. The van der Waals surface area contributed by atoms with E-state index in [0.29, 0.717) is 17.5 Å². The summed E-state index contributed by atoms with van der Waals surface area (Å²) < 4.78 is 0. The average Bonchev–Trinajstić information content (AvgIpc) is 2.83. The fourth-order valence-corrected chi connectivity index (χ4v) is 5.19. The maximum Gasteiger partial charge on any atom is 0.253 e. The molecule has 2 heterocycles. The molecule has 0 unspecified atom stereocenters. The Balaban J connectivity index is 1.26. The van der Waals surface area contributed by atoms with Crippen molar-refractivity contribution in [2.45, 2.75) is 52.6 Å². The number of hydrogen-bond donors (Lipinski definition) is 2. The molecular formula is C29H41N3O2. The Morgan fingerprint density at radius 3 is 2.15 bits per heavy atom. The molecule has 5 heteroatoms. The minimum absolute atomic E-state index is 0.00841. The third-order valence-electron chi connectivity index (χ3n) is 7.03. The quantitative estimate of drug-likeness (QED) is 0.624. The van der Waals surface area contributed by atoms with Gasteiger partial charge in [0.25, 0.3) is 5.91 Å². The van der Waals surface area contributed by atoms with Gasteiger partial charge in [0, 0.05) is 37.4 Å². The molecule has 184 valence electrons. The predicted octanol–water partition coefficient (Wildman–Crippen LogP) is 5.12. The molecule has 5 nitrogen and oxygen atoms in total. The minimum Gasteiger partial charge on any atom is -0.391 e. The summed E-state index contributed by atoms with van der Waals surface area (Å²) in [5.41, 5.74) is 4.47. The molecule has 0 aliphatic carbocycles. The monoisotopic (exact) mass is 463 g/mol. The van der Waals surface area contributed by atoms with Gasteiger partial charge in [0.05, 0.1) is 6.10 Å². The molecule has 0 aromatic heterocycles. The van der Waals surface area contributed by atoms with E-state index in [0.717, 1.165) is 48.7 Å². The number of rotatable bonds is 6. The molecule has 2 fully saturated rings. The van der Waals surface area contributed by atoms with Gasteiger partial charge in [0.15, 0.2) is 0 Å². The van der Waals surface area contributed by atoms with Crippen molar-refractivity contribution >= 4 is 11.6 Å². The molecule has 2 aliphatic heterocycles. The Hall–Kier alpha value is -2.37. The number of piperidine rings is 2. The third kappa shape index (κ3) is 6.83. The zero-order valence-corrected chi connectivity index (χ0v) is 21.1. The lowest BCUT2D eigenvalue weighted by atomic mass is 9.92. The van der Waals surface area contributed by atoms with Crippen LogP contribution in [0.4, 0.5) is 5.69 Å². The van der Waals surface area contributed by atoms with Crippen LogP contribution in [0.15, 0.2) is 48.5 Å². The second-order valence-corrected chi connectivity index (χ2v) is 11.4. The molecule has 0 radical (unpaired) electrons. The van der Waals surface area contributed by atoms with Gasteiger partial charge in [0.1, 0.15) is 0 Å². The molecule has 34 heavy (non-hydrogen) atoms. The van der Waals surface area contributed by atoms with Crippen LogP contribution in [0, 0.1) is 11.3 Å². The van der Waals surface area contributed by atoms with Crippen LogP contribution in [0.1, 0.15) is 56.8 Å². The van der Waals surface area contributed by atoms with Gasteiger partial charge in [0.2, 0.25) is 0 Å². The molecule has 2 aromatic rings. The number of carbonyl (C=O) groups excluding carboxylic acids is 1. The van der Waals surface area contributed by atoms with Crippen LogP contribution in [-0.4, -0.2) is 66.2 Å². The molecule has 2 aromatic carbocycles. The van der Waals surface area contributed by atoms with Crippen LogP contribution in [0.25, 0.3) is 11.1 Å². The fraction of sp³-hybridized carbons (Fsp3) is 0.552. The molecule has 2 N–H and O–H groups in total. The normalized spacial score (nSPS) is 20.4.